The summed E-state index contributed by atoms with van der Waals surface area (Å²) in [7, 11) is 0. The van der Waals surface area contributed by atoms with Crippen LogP contribution in [-0.4, -0.2) is 20.5 Å². The summed E-state index contributed by atoms with van der Waals surface area (Å²) in [5.41, 5.74) is 2.54. The molecule has 1 rings (SSSR count). The second-order valence-electron chi connectivity index (χ2n) is 2.03. The van der Waals surface area contributed by atoms with Gasteiger partial charge in [0.25, 0.3) is 0 Å². The zero-order valence-corrected chi connectivity index (χ0v) is 7.01. The molecule has 0 aliphatic carbocycles. The van der Waals surface area contributed by atoms with E-state index in [-0.39, 0.29) is 0 Å². The van der Waals surface area contributed by atoms with Gasteiger partial charge in [-0.15, -0.1) is 0 Å². The number of aryl methyl sites for hydroxylation is 1. The molecule has 1 aromatic rings. The fourth-order valence-electron chi connectivity index (χ4n) is 0.645. The second kappa shape index (κ2) is 2.95. The second-order valence-corrected chi connectivity index (χ2v) is 2.52. The molecule has 0 unspecified atom stereocenters. The molecule has 0 saturated heterocycles. The molecule has 1 heteroatoms. The number of rotatable bonds is 1. The molecular formula is C8H8Se. The molecule has 0 radical (unpaired) electrons. The quantitative estimate of drug-likeness (QED) is 0.576. The van der Waals surface area contributed by atoms with Crippen molar-refractivity contribution in [1.82, 2.24) is 0 Å². The van der Waals surface area contributed by atoms with Gasteiger partial charge < -0.3 is 0 Å². The van der Waals surface area contributed by atoms with Crippen LogP contribution in [0.5, 0.6) is 0 Å². The Morgan fingerprint density at radius 1 is 1.22 bits per heavy atom. The Morgan fingerprint density at radius 3 is 2.22 bits per heavy atom. The van der Waals surface area contributed by atoms with E-state index in [1.54, 1.807) is 0 Å². The molecule has 0 heterocycles. The van der Waals surface area contributed by atoms with Crippen molar-refractivity contribution in [3.05, 3.63) is 35.4 Å². The van der Waals surface area contributed by atoms with Crippen molar-refractivity contribution in [2.45, 2.75) is 6.92 Å². The van der Waals surface area contributed by atoms with Crippen molar-refractivity contribution in [3.63, 3.8) is 0 Å². The Kier molecular flexibility index (Phi) is 2.21. The van der Waals surface area contributed by atoms with Gasteiger partial charge in [0.2, 0.25) is 0 Å². The van der Waals surface area contributed by atoms with E-state index in [1.165, 1.54) is 11.1 Å². The number of hydrogen-bond donors (Lipinski definition) is 0. The zero-order chi connectivity index (χ0) is 6.69. The van der Waals surface area contributed by atoms with Gasteiger partial charge in [0, 0.05) is 0 Å². The van der Waals surface area contributed by atoms with Crippen LogP contribution in [0.25, 0.3) is 0 Å². The van der Waals surface area contributed by atoms with E-state index in [2.05, 4.69) is 46.8 Å². The van der Waals surface area contributed by atoms with Crippen molar-refractivity contribution in [2.75, 3.05) is 0 Å². The molecule has 0 fully saturated rings. The van der Waals surface area contributed by atoms with Crippen LogP contribution in [0.1, 0.15) is 11.1 Å². The molecule has 0 spiro atoms. The van der Waals surface area contributed by atoms with Gasteiger partial charge in [-0.25, -0.2) is 0 Å². The third kappa shape index (κ3) is 1.78. The topological polar surface area (TPSA) is 0 Å². The Labute approximate surface area is 63.3 Å². The van der Waals surface area contributed by atoms with Gasteiger partial charge in [0.05, 0.1) is 0 Å². The molecule has 0 aromatic heterocycles. The van der Waals surface area contributed by atoms with Crippen LogP contribution in [0.3, 0.4) is 0 Å². The van der Waals surface area contributed by atoms with E-state index in [1.807, 2.05) is 4.92 Å². The Hall–Kier alpha value is -0.391. The summed E-state index contributed by atoms with van der Waals surface area (Å²) in [5, 5.41) is 0. The monoisotopic (exact) mass is 184 g/mol. The molecule has 0 amide bonds. The number of hydrogen-bond acceptors (Lipinski definition) is 0. The predicted octanol–water partition coefficient (Wildman–Crippen LogP) is 1.31. The Balaban J connectivity index is 3.01. The van der Waals surface area contributed by atoms with Crippen LogP contribution in [-0.2, 0) is 0 Å². The first-order valence-corrected chi connectivity index (χ1v) is 3.83. The van der Waals surface area contributed by atoms with Crippen LogP contribution in [0.15, 0.2) is 24.3 Å². The van der Waals surface area contributed by atoms with Gasteiger partial charge in [-0.3, -0.25) is 0 Å². The summed E-state index contributed by atoms with van der Waals surface area (Å²) in [5.74, 6) is 0. The van der Waals surface area contributed by atoms with E-state index in [0.717, 1.165) is 0 Å². The number of benzene rings is 1. The van der Waals surface area contributed by atoms with Crippen molar-refractivity contribution in [2.24, 2.45) is 0 Å². The van der Waals surface area contributed by atoms with Gasteiger partial charge in [0.15, 0.2) is 0 Å². The van der Waals surface area contributed by atoms with Crippen molar-refractivity contribution >= 4 is 20.5 Å². The summed E-state index contributed by atoms with van der Waals surface area (Å²) in [4.78, 5) is 1.97. The molecule has 0 saturated carbocycles. The zero-order valence-electron chi connectivity index (χ0n) is 5.29. The van der Waals surface area contributed by atoms with Crippen molar-refractivity contribution in [3.8, 4) is 0 Å². The van der Waals surface area contributed by atoms with E-state index in [9.17, 15) is 0 Å². The minimum atomic E-state index is 1.24. The first-order valence-electron chi connectivity index (χ1n) is 2.85. The molecule has 0 aliphatic heterocycles. The van der Waals surface area contributed by atoms with Gasteiger partial charge in [0.1, 0.15) is 0 Å². The third-order valence-corrected chi connectivity index (χ3v) is 1.78. The van der Waals surface area contributed by atoms with Gasteiger partial charge in [-0.1, -0.05) is 0 Å². The summed E-state index contributed by atoms with van der Waals surface area (Å²) >= 11 is 2.85. The summed E-state index contributed by atoms with van der Waals surface area (Å²) in [6, 6.07) is 8.38. The molecule has 9 heavy (non-hydrogen) atoms. The molecule has 0 aliphatic rings. The maximum atomic E-state index is 2.85. The van der Waals surface area contributed by atoms with Gasteiger partial charge >= 0.3 is 62.8 Å². The van der Waals surface area contributed by atoms with E-state index < -0.39 is 0 Å². The molecule has 1 aromatic carbocycles. The van der Waals surface area contributed by atoms with E-state index in [0.29, 0.717) is 0 Å². The maximum absolute atomic E-state index is 2.85. The van der Waals surface area contributed by atoms with Crippen molar-refractivity contribution < 1.29 is 0 Å². The fraction of sp³-hybridized carbons (Fsp3) is 0.125. The van der Waals surface area contributed by atoms with Crippen LogP contribution in [0.4, 0.5) is 0 Å². The first kappa shape index (κ1) is 6.73. The van der Waals surface area contributed by atoms with Crippen LogP contribution in [0, 0.1) is 6.92 Å². The van der Waals surface area contributed by atoms with Crippen molar-refractivity contribution in [1.29, 1.82) is 0 Å². The van der Waals surface area contributed by atoms with E-state index >= 15 is 0 Å². The molecule has 0 atom stereocenters. The Bertz CT molecular complexity index is 198. The molecular weight excluding hydrogens is 175 g/mol. The first-order chi connectivity index (χ1) is 4.33. The van der Waals surface area contributed by atoms with Gasteiger partial charge in [-0.2, -0.15) is 0 Å². The SMILES string of the molecule is Cc1ccc(C=[Se])cc1. The van der Waals surface area contributed by atoms with E-state index in [4.69, 9.17) is 0 Å². The summed E-state index contributed by atoms with van der Waals surface area (Å²) in [6.45, 7) is 2.09. The average molecular weight is 183 g/mol. The third-order valence-electron chi connectivity index (χ3n) is 1.21. The normalized spacial score (nSPS) is 9.00. The molecule has 0 bridgehead atoms. The summed E-state index contributed by atoms with van der Waals surface area (Å²) < 4.78 is 0. The standard InChI is InChI=1S/C8H8Se/c1-7-2-4-8(6-9)5-3-7/h2-6H,1H3. The molecule has 0 N–H and O–H groups in total. The van der Waals surface area contributed by atoms with Crippen LogP contribution < -0.4 is 0 Å². The predicted molar refractivity (Wildman–Crippen MR) is 42.1 cm³/mol. The van der Waals surface area contributed by atoms with Gasteiger partial charge in [-0.05, 0) is 0 Å². The Morgan fingerprint density at radius 2 is 1.78 bits per heavy atom. The van der Waals surface area contributed by atoms with Crippen LogP contribution >= 0.6 is 0 Å². The molecule has 0 nitrogen and oxygen atoms in total. The molecule has 46 valence electrons. The minimum absolute atomic E-state index is 1.24. The average Bonchev–Trinajstić information content (AvgIpc) is 1.90. The summed E-state index contributed by atoms with van der Waals surface area (Å²) in [6.07, 6.45) is 0. The fourth-order valence-corrected chi connectivity index (χ4v) is 0.975. The van der Waals surface area contributed by atoms with Crippen LogP contribution in [0.2, 0.25) is 0 Å².